The first-order valence-electron chi connectivity index (χ1n) is 9.39. The predicted molar refractivity (Wildman–Crippen MR) is 94.8 cm³/mol. The van der Waals surface area contributed by atoms with Crippen LogP contribution in [0.1, 0.15) is 60.1 Å². The molecule has 4 nitrogen and oxygen atoms in total. The number of aromatic nitrogens is 2. The summed E-state index contributed by atoms with van der Waals surface area (Å²) in [5, 5.41) is 4.31. The van der Waals surface area contributed by atoms with E-state index in [0.717, 1.165) is 56.6 Å². The standard InChI is InChI=1S/C20H22F3N3O/c1-13-4-3-9-25(12-13)19(27)17-11-24-26(18(17)14-7-8-14)16-6-2-5-15(10-16)20(21,22)23/h2,5-6,10-11,13-14H,3-4,7-9,12H2,1H3/t13-/m0/s1. The Balaban J connectivity index is 1.71. The van der Waals surface area contributed by atoms with E-state index in [1.54, 1.807) is 6.07 Å². The fraction of sp³-hybridized carbons (Fsp3) is 0.500. The van der Waals surface area contributed by atoms with Crippen molar-refractivity contribution in [1.29, 1.82) is 0 Å². The van der Waals surface area contributed by atoms with E-state index < -0.39 is 11.7 Å². The number of halogens is 3. The van der Waals surface area contributed by atoms with E-state index in [0.29, 0.717) is 17.2 Å². The third kappa shape index (κ3) is 3.59. The van der Waals surface area contributed by atoms with Crippen LogP contribution in [0.3, 0.4) is 0 Å². The molecule has 0 spiro atoms. The Morgan fingerprint density at radius 1 is 1.22 bits per heavy atom. The van der Waals surface area contributed by atoms with Crippen LogP contribution >= 0.6 is 0 Å². The van der Waals surface area contributed by atoms with Gasteiger partial charge in [0.05, 0.1) is 28.7 Å². The highest BCUT2D eigenvalue weighted by atomic mass is 19.4. The lowest BCUT2D eigenvalue weighted by molar-refractivity contribution is -0.137. The summed E-state index contributed by atoms with van der Waals surface area (Å²) in [6, 6.07) is 5.12. The highest BCUT2D eigenvalue weighted by molar-refractivity contribution is 5.95. The van der Waals surface area contributed by atoms with Gasteiger partial charge in [0, 0.05) is 19.0 Å². The van der Waals surface area contributed by atoms with Crippen molar-refractivity contribution >= 4 is 5.91 Å². The number of rotatable bonds is 3. The van der Waals surface area contributed by atoms with Gasteiger partial charge < -0.3 is 4.90 Å². The van der Waals surface area contributed by atoms with E-state index in [1.165, 1.54) is 16.9 Å². The average Bonchev–Trinajstić information content (AvgIpc) is 3.38. The molecule has 27 heavy (non-hydrogen) atoms. The second kappa shape index (κ2) is 6.69. The SMILES string of the molecule is C[C@H]1CCCN(C(=O)c2cnn(-c3cccc(C(F)(F)F)c3)c2C2CC2)C1. The number of hydrogen-bond acceptors (Lipinski definition) is 2. The van der Waals surface area contributed by atoms with E-state index in [9.17, 15) is 18.0 Å². The number of alkyl halides is 3. The van der Waals surface area contributed by atoms with Crippen LogP contribution in [-0.4, -0.2) is 33.7 Å². The lowest BCUT2D eigenvalue weighted by atomic mass is 9.99. The van der Waals surface area contributed by atoms with Gasteiger partial charge in [-0.3, -0.25) is 4.79 Å². The number of likely N-dealkylation sites (tertiary alicyclic amines) is 1. The number of nitrogens with zero attached hydrogens (tertiary/aromatic N) is 3. The number of benzene rings is 1. The molecule has 2 aliphatic rings. The van der Waals surface area contributed by atoms with Gasteiger partial charge in [-0.15, -0.1) is 0 Å². The van der Waals surface area contributed by atoms with Crippen molar-refractivity contribution in [1.82, 2.24) is 14.7 Å². The summed E-state index contributed by atoms with van der Waals surface area (Å²) in [4.78, 5) is 14.9. The highest BCUT2D eigenvalue weighted by Crippen LogP contribution is 2.43. The van der Waals surface area contributed by atoms with Gasteiger partial charge in [-0.05, 0) is 49.8 Å². The van der Waals surface area contributed by atoms with E-state index >= 15 is 0 Å². The van der Waals surface area contributed by atoms with Crippen LogP contribution < -0.4 is 0 Å². The summed E-state index contributed by atoms with van der Waals surface area (Å²) in [6.07, 6.45) is 1.07. The summed E-state index contributed by atoms with van der Waals surface area (Å²) < 4.78 is 40.8. The Bertz CT molecular complexity index is 854. The second-order valence-electron chi connectivity index (χ2n) is 7.68. The van der Waals surface area contributed by atoms with Gasteiger partial charge in [0.25, 0.3) is 5.91 Å². The summed E-state index contributed by atoms with van der Waals surface area (Å²) >= 11 is 0. The molecule has 1 saturated carbocycles. The van der Waals surface area contributed by atoms with Crippen LogP contribution in [0.4, 0.5) is 13.2 Å². The Morgan fingerprint density at radius 3 is 2.67 bits per heavy atom. The lowest BCUT2D eigenvalue weighted by Gasteiger charge is -2.31. The first-order valence-corrected chi connectivity index (χ1v) is 9.39. The van der Waals surface area contributed by atoms with Crippen LogP contribution in [0.5, 0.6) is 0 Å². The van der Waals surface area contributed by atoms with Gasteiger partial charge in [0.1, 0.15) is 0 Å². The summed E-state index contributed by atoms with van der Waals surface area (Å²) in [7, 11) is 0. The Hall–Kier alpha value is -2.31. The van der Waals surface area contributed by atoms with Crippen LogP contribution in [0.15, 0.2) is 30.5 Å². The summed E-state index contributed by atoms with van der Waals surface area (Å²) in [6.45, 7) is 3.58. The molecule has 4 rings (SSSR count). The number of hydrogen-bond donors (Lipinski definition) is 0. The minimum absolute atomic E-state index is 0.0540. The van der Waals surface area contributed by atoms with Crippen LogP contribution in [0, 0.1) is 5.92 Å². The maximum absolute atomic E-state index is 13.1. The van der Waals surface area contributed by atoms with E-state index in [1.807, 2.05) is 4.90 Å². The van der Waals surface area contributed by atoms with Crippen molar-refractivity contribution < 1.29 is 18.0 Å². The molecule has 1 saturated heterocycles. The smallest absolute Gasteiger partial charge is 0.338 e. The molecule has 144 valence electrons. The second-order valence-corrected chi connectivity index (χ2v) is 7.68. The van der Waals surface area contributed by atoms with Gasteiger partial charge >= 0.3 is 6.18 Å². The van der Waals surface area contributed by atoms with E-state index in [-0.39, 0.29) is 11.8 Å². The fourth-order valence-corrected chi connectivity index (χ4v) is 3.84. The van der Waals surface area contributed by atoms with Crippen molar-refractivity contribution in [2.75, 3.05) is 13.1 Å². The molecule has 1 aliphatic carbocycles. The number of amides is 1. The molecule has 1 atom stereocenters. The van der Waals surface area contributed by atoms with Gasteiger partial charge in [-0.25, -0.2) is 4.68 Å². The van der Waals surface area contributed by atoms with Crippen molar-refractivity contribution in [3.05, 3.63) is 47.3 Å². The first-order chi connectivity index (χ1) is 12.8. The van der Waals surface area contributed by atoms with Crippen molar-refractivity contribution in [3.8, 4) is 5.69 Å². The van der Waals surface area contributed by atoms with Gasteiger partial charge in [0.2, 0.25) is 0 Å². The lowest BCUT2D eigenvalue weighted by Crippen LogP contribution is -2.39. The summed E-state index contributed by atoms with van der Waals surface area (Å²) in [5.41, 5.74) is 0.911. The quantitative estimate of drug-likeness (QED) is 0.782. The van der Waals surface area contributed by atoms with Gasteiger partial charge in [-0.1, -0.05) is 13.0 Å². The van der Waals surface area contributed by atoms with E-state index in [4.69, 9.17) is 0 Å². The van der Waals surface area contributed by atoms with E-state index in [2.05, 4.69) is 12.0 Å². The number of carbonyl (C=O) groups is 1. The Morgan fingerprint density at radius 2 is 2.00 bits per heavy atom. The van der Waals surface area contributed by atoms with Crippen LogP contribution in [0.2, 0.25) is 0 Å². The highest BCUT2D eigenvalue weighted by Gasteiger charge is 2.36. The molecule has 1 aromatic carbocycles. The third-order valence-corrected chi connectivity index (χ3v) is 5.36. The zero-order valence-electron chi connectivity index (χ0n) is 15.2. The molecule has 0 N–H and O–H groups in total. The van der Waals surface area contributed by atoms with Crippen molar-refractivity contribution in [2.24, 2.45) is 5.92 Å². The van der Waals surface area contributed by atoms with Crippen molar-refractivity contribution in [2.45, 2.75) is 44.7 Å². The molecular formula is C20H22F3N3O. The topological polar surface area (TPSA) is 38.1 Å². The minimum atomic E-state index is -4.41. The molecule has 0 radical (unpaired) electrons. The number of piperidine rings is 1. The monoisotopic (exact) mass is 377 g/mol. The van der Waals surface area contributed by atoms with Crippen LogP contribution in [-0.2, 0) is 6.18 Å². The Labute approximate surface area is 156 Å². The first kappa shape index (κ1) is 18.1. The minimum Gasteiger partial charge on any atom is -0.338 e. The maximum Gasteiger partial charge on any atom is 0.416 e. The molecule has 2 fully saturated rings. The van der Waals surface area contributed by atoms with Crippen LogP contribution in [0.25, 0.3) is 5.69 Å². The maximum atomic E-state index is 13.1. The molecule has 1 amide bonds. The number of carbonyl (C=O) groups excluding carboxylic acids is 1. The predicted octanol–water partition coefficient (Wildman–Crippen LogP) is 4.64. The normalized spacial score (nSPS) is 20.7. The molecule has 2 aromatic rings. The Kier molecular flexibility index (Phi) is 4.48. The molecule has 1 aromatic heterocycles. The average molecular weight is 377 g/mol. The molecule has 0 bridgehead atoms. The van der Waals surface area contributed by atoms with Gasteiger partial charge in [-0.2, -0.15) is 18.3 Å². The molecule has 7 heteroatoms. The zero-order valence-corrected chi connectivity index (χ0v) is 15.2. The molecule has 1 aliphatic heterocycles. The largest absolute Gasteiger partial charge is 0.416 e. The third-order valence-electron chi connectivity index (χ3n) is 5.36. The fourth-order valence-electron chi connectivity index (χ4n) is 3.84. The molecule has 2 heterocycles. The molecule has 0 unspecified atom stereocenters. The van der Waals surface area contributed by atoms with Gasteiger partial charge in [0.15, 0.2) is 0 Å². The van der Waals surface area contributed by atoms with Crippen molar-refractivity contribution in [3.63, 3.8) is 0 Å². The summed E-state index contributed by atoms with van der Waals surface area (Å²) in [5.74, 6) is 0.593. The zero-order chi connectivity index (χ0) is 19.2. The molecular weight excluding hydrogens is 355 g/mol.